The minimum Gasteiger partial charge on any atom is -0.394 e. The Balaban J connectivity index is 1.35. The van der Waals surface area contributed by atoms with Crippen LogP contribution in [0.15, 0.2) is 134 Å². The first-order chi connectivity index (χ1) is 55.8. The predicted molar refractivity (Wildman–Crippen MR) is 461 cm³/mol. The van der Waals surface area contributed by atoms with Crippen LogP contribution in [0.1, 0.15) is 328 Å². The molecule has 0 aromatic rings. The summed E-state index contributed by atoms with van der Waals surface area (Å²) in [5.41, 5.74) is 0. The molecule has 19 heteroatoms. The molecule has 3 aliphatic rings. The zero-order chi connectivity index (χ0) is 82.4. The quantitative estimate of drug-likeness (QED) is 0.0199. The lowest BCUT2D eigenvalue weighted by Crippen LogP contribution is -2.66. The smallest absolute Gasteiger partial charge is 0.220 e. The molecule has 656 valence electrons. The molecule has 0 aromatic carbocycles. The van der Waals surface area contributed by atoms with Crippen LogP contribution in [-0.4, -0.2) is 193 Å². The van der Waals surface area contributed by atoms with Crippen molar-refractivity contribution < 1.29 is 89.4 Å². The molecule has 3 saturated heterocycles. The second kappa shape index (κ2) is 72.9. The molecule has 3 rings (SSSR count). The summed E-state index contributed by atoms with van der Waals surface area (Å²) in [5, 5.41) is 121. The fraction of sp³-hybridized carbons (Fsp3) is 0.758. The number of amides is 1. The van der Waals surface area contributed by atoms with Gasteiger partial charge in [0, 0.05) is 6.42 Å². The molecule has 12 N–H and O–H groups in total. The summed E-state index contributed by atoms with van der Waals surface area (Å²) < 4.78 is 34.6. The minimum absolute atomic E-state index is 0.218. The van der Waals surface area contributed by atoms with Crippen LogP contribution in [-0.2, 0) is 33.2 Å². The van der Waals surface area contributed by atoms with Gasteiger partial charge in [-0.1, -0.05) is 359 Å². The van der Waals surface area contributed by atoms with E-state index in [0.29, 0.717) is 19.3 Å². The van der Waals surface area contributed by atoms with Crippen molar-refractivity contribution in [3.05, 3.63) is 134 Å². The number of rotatable bonds is 72. The third-order valence-corrected chi connectivity index (χ3v) is 21.7. The summed E-state index contributed by atoms with van der Waals surface area (Å²) >= 11 is 0. The number of hydrogen-bond acceptors (Lipinski definition) is 18. The van der Waals surface area contributed by atoms with Gasteiger partial charge in [-0.2, -0.15) is 0 Å². The molecule has 19 nitrogen and oxygen atoms in total. The number of aliphatic hydroxyl groups excluding tert-OH is 11. The van der Waals surface area contributed by atoms with Gasteiger partial charge in [-0.15, -0.1) is 0 Å². The number of hydrogen-bond donors (Lipinski definition) is 12. The molecule has 0 radical (unpaired) electrons. The zero-order valence-corrected chi connectivity index (χ0v) is 70.8. The summed E-state index contributed by atoms with van der Waals surface area (Å²) in [6.07, 6.45) is 78.4. The van der Waals surface area contributed by atoms with Gasteiger partial charge < -0.3 is 89.9 Å². The number of aliphatic hydroxyl groups is 11. The average molecular weight is 1610 g/mol. The summed E-state index contributed by atoms with van der Waals surface area (Å²) in [6.45, 7) is 1.69. The van der Waals surface area contributed by atoms with Crippen LogP contribution < -0.4 is 5.32 Å². The van der Waals surface area contributed by atoms with E-state index in [1.807, 2.05) is 0 Å². The van der Waals surface area contributed by atoms with Gasteiger partial charge >= 0.3 is 0 Å². The highest BCUT2D eigenvalue weighted by atomic mass is 16.8. The van der Waals surface area contributed by atoms with Gasteiger partial charge in [0.15, 0.2) is 18.9 Å². The van der Waals surface area contributed by atoms with Crippen molar-refractivity contribution in [1.82, 2.24) is 5.32 Å². The van der Waals surface area contributed by atoms with E-state index in [1.54, 1.807) is 0 Å². The van der Waals surface area contributed by atoms with Crippen LogP contribution in [0.4, 0.5) is 0 Å². The molecule has 0 spiro atoms. The SMILES string of the molecule is CC/C=C\C/C=C\C/C=C\C/C=C\C/C=C\C/C=C\C/C=C\C/C=C\C/C=C\C/C=C\C/C=C\CCCCCC(=O)NC(COC1OC(CO)C(OC2OC(CO)C(OC3OC(CO)C(O)C(O)C3O)C(O)C2O)C(O)C1O)C(O)CCCCCCCCCCCCCCCCCCCCCCCCCCCCCCCCCC. The molecular weight excluding hydrogens is 1440 g/mol. The fourth-order valence-corrected chi connectivity index (χ4v) is 14.6. The van der Waals surface area contributed by atoms with E-state index in [9.17, 15) is 61.0 Å². The van der Waals surface area contributed by atoms with E-state index in [0.717, 1.165) is 109 Å². The number of allylic oxidation sites excluding steroid dienone is 22. The van der Waals surface area contributed by atoms with Crippen LogP contribution in [0.5, 0.6) is 0 Å². The van der Waals surface area contributed by atoms with Gasteiger partial charge in [0.2, 0.25) is 5.91 Å². The second-order valence-electron chi connectivity index (χ2n) is 31.7. The van der Waals surface area contributed by atoms with Gasteiger partial charge in [0.05, 0.1) is 38.6 Å². The lowest BCUT2D eigenvalue weighted by atomic mass is 9.96. The molecule has 3 fully saturated rings. The second-order valence-corrected chi connectivity index (χ2v) is 31.7. The normalized spacial score (nSPS) is 25.4. The Bertz CT molecular complexity index is 2580. The van der Waals surface area contributed by atoms with Gasteiger partial charge in [-0.3, -0.25) is 4.79 Å². The Hall–Kier alpha value is -4.07. The monoisotopic (exact) mass is 1610 g/mol. The molecule has 3 heterocycles. The molecule has 0 bridgehead atoms. The van der Waals surface area contributed by atoms with E-state index < -0.39 is 124 Å². The Morgan fingerprint density at radius 1 is 0.325 bits per heavy atom. The lowest BCUT2D eigenvalue weighted by Gasteiger charge is -2.48. The maximum atomic E-state index is 13.5. The van der Waals surface area contributed by atoms with Crippen molar-refractivity contribution in [3.63, 3.8) is 0 Å². The molecule has 0 aromatic heterocycles. The Morgan fingerprint density at radius 2 is 0.605 bits per heavy atom. The molecule has 3 aliphatic heterocycles. The Labute approximate surface area is 690 Å². The molecule has 17 atom stereocenters. The third kappa shape index (κ3) is 50.8. The van der Waals surface area contributed by atoms with Crippen LogP contribution in [0.2, 0.25) is 0 Å². The van der Waals surface area contributed by atoms with Crippen molar-refractivity contribution in [2.24, 2.45) is 0 Å². The van der Waals surface area contributed by atoms with Crippen molar-refractivity contribution in [2.45, 2.75) is 433 Å². The van der Waals surface area contributed by atoms with Gasteiger partial charge in [0.25, 0.3) is 0 Å². The predicted octanol–water partition coefficient (Wildman–Crippen LogP) is 17.6. The summed E-state index contributed by atoms with van der Waals surface area (Å²) in [6, 6.07) is -0.918. The standard InChI is InChI=1S/C95H163NO18/c1-3-5-7-9-11-13-15-17-19-21-23-25-27-29-31-33-35-37-38-39-40-41-43-45-47-49-51-53-55-57-59-61-63-65-67-69-71-73-83(101)96-78(79(100)72-70-68-66-64-62-60-58-56-54-52-50-48-46-44-42-36-34-32-30-28-26-24-22-20-18-16-14-12-10-8-6-4-2)77-109-93-89(107)86(104)91(81(75-98)111-93)114-95-90(108)87(105)92(82(76-99)112-95)113-94-88(106)85(103)84(102)80(74-97)110-94/h5,7,11,13,17,19,23,25,29,31,35,37,39-40,43,45,49,51,55,57,61,63,78-82,84-95,97-100,102-108H,3-4,6,8-10,12,14-16,18,20-22,24,26-28,30,32-34,36,38,41-42,44,46-48,50,52-54,56,58-60,62,64-77H2,1-2H3,(H,96,101)/b7-5-,13-11-,19-17-,25-23-,31-29-,37-35-,40-39-,45-43-,51-49-,57-55-,63-61-. The first-order valence-corrected chi connectivity index (χ1v) is 45.4. The Morgan fingerprint density at radius 3 is 0.939 bits per heavy atom. The molecule has 114 heavy (non-hydrogen) atoms. The topological polar surface area (TPSA) is 307 Å². The van der Waals surface area contributed by atoms with E-state index in [-0.39, 0.29) is 18.9 Å². The molecule has 17 unspecified atom stereocenters. The van der Waals surface area contributed by atoms with E-state index in [1.165, 1.54) is 180 Å². The van der Waals surface area contributed by atoms with E-state index in [2.05, 4.69) is 153 Å². The molecular formula is C95H163NO18. The molecule has 1 amide bonds. The minimum atomic E-state index is -1.98. The van der Waals surface area contributed by atoms with Crippen LogP contribution >= 0.6 is 0 Å². The number of ether oxygens (including phenoxy) is 6. The maximum absolute atomic E-state index is 13.5. The summed E-state index contributed by atoms with van der Waals surface area (Å²) in [5.74, 6) is -0.276. The van der Waals surface area contributed by atoms with Gasteiger partial charge in [-0.25, -0.2) is 0 Å². The van der Waals surface area contributed by atoms with Gasteiger partial charge in [-0.05, 0) is 96.3 Å². The highest BCUT2D eigenvalue weighted by molar-refractivity contribution is 5.76. The Kier molecular flexibility index (Phi) is 66.6. The first-order valence-electron chi connectivity index (χ1n) is 45.4. The molecule has 0 saturated carbocycles. The number of carbonyl (C=O) groups is 1. The van der Waals surface area contributed by atoms with Crippen LogP contribution in [0.3, 0.4) is 0 Å². The van der Waals surface area contributed by atoms with E-state index in [4.69, 9.17) is 28.4 Å². The van der Waals surface area contributed by atoms with Crippen molar-refractivity contribution >= 4 is 5.91 Å². The highest BCUT2D eigenvalue weighted by Gasteiger charge is 2.54. The third-order valence-electron chi connectivity index (χ3n) is 21.7. The van der Waals surface area contributed by atoms with Crippen LogP contribution in [0, 0.1) is 0 Å². The van der Waals surface area contributed by atoms with Crippen LogP contribution in [0.25, 0.3) is 0 Å². The molecule has 0 aliphatic carbocycles. The van der Waals surface area contributed by atoms with Crippen molar-refractivity contribution in [1.29, 1.82) is 0 Å². The maximum Gasteiger partial charge on any atom is 0.220 e. The fourth-order valence-electron chi connectivity index (χ4n) is 14.6. The van der Waals surface area contributed by atoms with E-state index >= 15 is 0 Å². The zero-order valence-electron chi connectivity index (χ0n) is 70.8. The van der Waals surface area contributed by atoms with Gasteiger partial charge in [0.1, 0.15) is 73.2 Å². The van der Waals surface area contributed by atoms with Crippen molar-refractivity contribution in [2.75, 3.05) is 26.4 Å². The van der Waals surface area contributed by atoms with Crippen molar-refractivity contribution in [3.8, 4) is 0 Å². The lowest BCUT2D eigenvalue weighted by molar-refractivity contribution is -0.379. The summed E-state index contributed by atoms with van der Waals surface area (Å²) in [4.78, 5) is 13.5. The average Bonchev–Trinajstić information content (AvgIpc) is 0.777. The largest absolute Gasteiger partial charge is 0.394 e. The first kappa shape index (κ1) is 104. The highest BCUT2D eigenvalue weighted by Crippen LogP contribution is 2.33. The summed E-state index contributed by atoms with van der Waals surface area (Å²) in [7, 11) is 0. The number of carbonyl (C=O) groups excluding carboxylic acids is 1. The number of unbranched alkanes of at least 4 members (excludes halogenated alkanes) is 34. The number of nitrogens with one attached hydrogen (secondary N) is 1.